The second-order valence-electron chi connectivity index (χ2n) is 12.9. The number of rotatable bonds is 11. The molecule has 43 heavy (non-hydrogen) atoms. The third-order valence-electron chi connectivity index (χ3n) is 10.2. The third-order valence-corrected chi connectivity index (χ3v) is 10.2. The maximum absolute atomic E-state index is 13.6. The van der Waals surface area contributed by atoms with E-state index in [1.165, 1.54) is 18.1 Å². The summed E-state index contributed by atoms with van der Waals surface area (Å²) in [4.78, 5) is 32.4. The van der Waals surface area contributed by atoms with Gasteiger partial charge in [0.15, 0.2) is 11.6 Å². The van der Waals surface area contributed by atoms with Crippen LogP contribution in [0.3, 0.4) is 0 Å². The smallest absolute Gasteiger partial charge is 0.321 e. The average Bonchev–Trinajstić information content (AvgIpc) is 3.42. The Morgan fingerprint density at radius 3 is 2.33 bits per heavy atom. The van der Waals surface area contributed by atoms with Crippen molar-refractivity contribution in [2.45, 2.75) is 82.7 Å². The van der Waals surface area contributed by atoms with Crippen LogP contribution >= 0.6 is 0 Å². The maximum Gasteiger partial charge on any atom is 0.321 e. The number of amides is 1. The molecular formula is C35H47F2N3O3. The number of carbonyl (C=O) groups is 2. The van der Waals surface area contributed by atoms with Crippen molar-refractivity contribution in [1.82, 2.24) is 14.7 Å². The van der Waals surface area contributed by atoms with Crippen LogP contribution in [0.5, 0.6) is 0 Å². The third kappa shape index (κ3) is 7.82. The number of likely N-dealkylation sites (tertiary alicyclic amines) is 2. The molecule has 3 aliphatic rings. The summed E-state index contributed by atoms with van der Waals surface area (Å²) in [5, 5.41) is 10.3. The molecule has 0 bridgehead atoms. The zero-order chi connectivity index (χ0) is 30.3. The molecule has 2 aromatic rings. The number of piperidine rings is 1. The van der Waals surface area contributed by atoms with Crippen molar-refractivity contribution in [3.8, 4) is 0 Å². The number of aliphatic carboxylic acids is 1. The zero-order valence-electron chi connectivity index (χ0n) is 25.5. The molecule has 1 amide bonds. The van der Waals surface area contributed by atoms with Crippen LogP contribution in [0.4, 0.5) is 8.78 Å². The number of nitrogens with zero attached hydrogens (tertiary/aromatic N) is 3. The largest absolute Gasteiger partial charge is 0.480 e. The molecule has 2 saturated heterocycles. The summed E-state index contributed by atoms with van der Waals surface area (Å²) in [6.07, 6.45) is 7.96. The Hall–Kier alpha value is -2.84. The van der Waals surface area contributed by atoms with E-state index < -0.39 is 23.6 Å². The van der Waals surface area contributed by atoms with Crippen molar-refractivity contribution < 1.29 is 23.5 Å². The average molecular weight is 596 g/mol. The fraction of sp³-hybridized carbons (Fsp3) is 0.600. The molecule has 2 aromatic carbocycles. The summed E-state index contributed by atoms with van der Waals surface area (Å²) >= 11 is 0. The van der Waals surface area contributed by atoms with Gasteiger partial charge in [-0.1, -0.05) is 55.7 Å². The number of carbonyl (C=O) groups excluding carboxylic acids is 1. The number of halogens is 2. The Morgan fingerprint density at radius 2 is 1.67 bits per heavy atom. The highest BCUT2D eigenvalue weighted by molar-refractivity contribution is 5.76. The standard InChI is InChI=1S/C35H47F2N3O3/c1-2-40(33(41)16-14-25-13-15-31(36)32(37)21-25)29-17-19-38(20-18-29)22-28-23-39(24-30(28)26-9-5-3-6-10-26)34(35(42)43)27-11-7-4-8-12-27/h3,5-6,9-10,13,15,21,27-30,34H,2,4,7-8,11-12,14,16-20,22-24H2,1H3,(H,42,43). The molecule has 234 valence electrons. The van der Waals surface area contributed by atoms with Gasteiger partial charge in [-0.2, -0.15) is 0 Å². The number of carboxylic acid groups (broad SMARTS) is 1. The van der Waals surface area contributed by atoms with Crippen LogP contribution in [0.2, 0.25) is 0 Å². The first-order chi connectivity index (χ1) is 20.8. The Bertz CT molecular complexity index is 1210. The molecule has 1 aliphatic carbocycles. The predicted octanol–water partition coefficient (Wildman–Crippen LogP) is 5.96. The number of aryl methyl sites for hydroxylation is 1. The van der Waals surface area contributed by atoms with Crippen LogP contribution in [0.1, 0.15) is 75.3 Å². The first-order valence-electron chi connectivity index (χ1n) is 16.3. The van der Waals surface area contributed by atoms with E-state index in [9.17, 15) is 23.5 Å². The monoisotopic (exact) mass is 595 g/mol. The van der Waals surface area contributed by atoms with Crippen molar-refractivity contribution in [1.29, 1.82) is 0 Å². The summed E-state index contributed by atoms with van der Waals surface area (Å²) in [5.74, 6) is -1.48. The van der Waals surface area contributed by atoms with Gasteiger partial charge in [0, 0.05) is 57.6 Å². The lowest BCUT2D eigenvalue weighted by molar-refractivity contribution is -0.145. The molecule has 2 heterocycles. The fourth-order valence-electron chi connectivity index (χ4n) is 7.97. The second-order valence-corrected chi connectivity index (χ2v) is 12.9. The highest BCUT2D eigenvalue weighted by atomic mass is 19.2. The van der Waals surface area contributed by atoms with Gasteiger partial charge in [-0.15, -0.1) is 0 Å². The van der Waals surface area contributed by atoms with E-state index in [0.29, 0.717) is 30.4 Å². The summed E-state index contributed by atoms with van der Waals surface area (Å²) < 4.78 is 26.9. The van der Waals surface area contributed by atoms with Gasteiger partial charge in [0.2, 0.25) is 5.91 Å². The SMILES string of the molecule is CCN(C(=O)CCc1ccc(F)c(F)c1)C1CCN(CC2CN(C(C(=O)O)C3CCCCC3)CC2c2ccccc2)CC1. The van der Waals surface area contributed by atoms with E-state index in [1.807, 2.05) is 17.9 Å². The number of hydrogen-bond acceptors (Lipinski definition) is 4. The molecule has 1 saturated carbocycles. The molecule has 0 spiro atoms. The molecule has 6 nitrogen and oxygen atoms in total. The highest BCUT2D eigenvalue weighted by Gasteiger charge is 2.43. The van der Waals surface area contributed by atoms with E-state index in [2.05, 4.69) is 34.1 Å². The quantitative estimate of drug-likeness (QED) is 0.348. The molecule has 1 N–H and O–H groups in total. The first-order valence-corrected chi connectivity index (χ1v) is 16.3. The first kappa shape index (κ1) is 31.6. The Morgan fingerprint density at radius 1 is 0.953 bits per heavy atom. The zero-order valence-corrected chi connectivity index (χ0v) is 25.5. The van der Waals surface area contributed by atoms with Crippen LogP contribution in [0.25, 0.3) is 0 Å². The van der Waals surface area contributed by atoms with E-state index in [-0.39, 0.29) is 24.3 Å². The molecule has 8 heteroatoms. The van der Waals surface area contributed by atoms with E-state index in [0.717, 1.165) is 77.3 Å². The van der Waals surface area contributed by atoms with E-state index in [1.54, 1.807) is 6.07 Å². The Balaban J connectivity index is 1.19. The van der Waals surface area contributed by atoms with Gasteiger partial charge in [0.25, 0.3) is 0 Å². The van der Waals surface area contributed by atoms with Crippen molar-refractivity contribution >= 4 is 11.9 Å². The molecule has 2 aliphatic heterocycles. The number of hydrogen-bond donors (Lipinski definition) is 1. The lowest BCUT2D eigenvalue weighted by Crippen LogP contribution is -2.49. The van der Waals surface area contributed by atoms with Crippen LogP contribution < -0.4 is 0 Å². The molecule has 5 rings (SSSR count). The summed E-state index contributed by atoms with van der Waals surface area (Å²) in [6.45, 7) is 6.96. The van der Waals surface area contributed by atoms with Crippen molar-refractivity contribution in [3.05, 3.63) is 71.3 Å². The topological polar surface area (TPSA) is 64.1 Å². The molecule has 3 atom stereocenters. The fourth-order valence-corrected chi connectivity index (χ4v) is 7.97. The van der Waals surface area contributed by atoms with Crippen molar-refractivity contribution in [3.63, 3.8) is 0 Å². The number of benzene rings is 2. The van der Waals surface area contributed by atoms with Gasteiger partial charge in [0.05, 0.1) is 0 Å². The Kier molecular flexibility index (Phi) is 10.8. The van der Waals surface area contributed by atoms with E-state index >= 15 is 0 Å². The minimum atomic E-state index is -0.878. The van der Waals surface area contributed by atoms with Crippen molar-refractivity contribution in [2.24, 2.45) is 11.8 Å². The van der Waals surface area contributed by atoms with Crippen LogP contribution in [-0.2, 0) is 16.0 Å². The molecule has 3 unspecified atom stereocenters. The molecular weight excluding hydrogens is 548 g/mol. The van der Waals surface area contributed by atoms with Crippen LogP contribution in [0.15, 0.2) is 48.5 Å². The minimum Gasteiger partial charge on any atom is -0.480 e. The van der Waals surface area contributed by atoms with Gasteiger partial charge in [-0.3, -0.25) is 14.5 Å². The molecule has 3 fully saturated rings. The lowest BCUT2D eigenvalue weighted by atomic mass is 9.83. The van der Waals surface area contributed by atoms with Gasteiger partial charge in [-0.25, -0.2) is 8.78 Å². The van der Waals surface area contributed by atoms with Gasteiger partial charge < -0.3 is 14.9 Å². The van der Waals surface area contributed by atoms with E-state index in [4.69, 9.17) is 0 Å². The van der Waals surface area contributed by atoms with Crippen LogP contribution in [0, 0.1) is 23.5 Å². The van der Waals surface area contributed by atoms with Gasteiger partial charge in [-0.05, 0) is 74.1 Å². The normalized spacial score (nSPS) is 23.3. The molecule has 0 aromatic heterocycles. The summed E-state index contributed by atoms with van der Waals surface area (Å²) in [6, 6.07) is 14.2. The Labute approximate surface area is 255 Å². The summed E-state index contributed by atoms with van der Waals surface area (Å²) in [5.41, 5.74) is 1.92. The van der Waals surface area contributed by atoms with Gasteiger partial charge in [0.1, 0.15) is 6.04 Å². The highest BCUT2D eigenvalue weighted by Crippen LogP contribution is 2.38. The predicted molar refractivity (Wildman–Crippen MR) is 164 cm³/mol. The minimum absolute atomic E-state index is 0.0590. The van der Waals surface area contributed by atoms with Crippen molar-refractivity contribution in [2.75, 3.05) is 39.3 Å². The van der Waals surface area contributed by atoms with Gasteiger partial charge >= 0.3 is 5.97 Å². The lowest BCUT2D eigenvalue weighted by Gasteiger charge is -2.39. The summed E-state index contributed by atoms with van der Waals surface area (Å²) in [7, 11) is 0. The maximum atomic E-state index is 13.6. The number of carboxylic acids is 1. The molecule has 0 radical (unpaired) electrons. The van der Waals surface area contributed by atoms with Crippen LogP contribution in [-0.4, -0.2) is 83.0 Å². The second kappa shape index (κ2) is 14.8.